The van der Waals surface area contributed by atoms with Gasteiger partial charge in [-0.3, -0.25) is 0 Å². The smallest absolute Gasteiger partial charge is 0.141 e. The van der Waals surface area contributed by atoms with Crippen LogP contribution in [0.2, 0.25) is 0 Å². The number of hydrogen-bond acceptors (Lipinski definition) is 4. The summed E-state index contributed by atoms with van der Waals surface area (Å²) < 4.78 is 0. The number of rotatable bonds is 5. The molecule has 130 valence electrons. The first kappa shape index (κ1) is 18.2. The van der Waals surface area contributed by atoms with E-state index in [1.165, 1.54) is 10.5 Å². The van der Waals surface area contributed by atoms with E-state index in [4.69, 9.17) is 0 Å². The van der Waals surface area contributed by atoms with Crippen LogP contribution in [0.15, 0.2) is 90.1 Å². The lowest BCUT2D eigenvalue weighted by Gasteiger charge is -2.09. The van der Waals surface area contributed by atoms with E-state index in [-0.39, 0.29) is 12.4 Å². The summed E-state index contributed by atoms with van der Waals surface area (Å²) in [5, 5.41) is 4.41. The van der Waals surface area contributed by atoms with Crippen LogP contribution in [0, 0.1) is 0 Å². The van der Waals surface area contributed by atoms with Gasteiger partial charge in [0.1, 0.15) is 12.1 Å². The third-order valence-corrected chi connectivity index (χ3v) is 4.99. The van der Waals surface area contributed by atoms with Gasteiger partial charge in [0.25, 0.3) is 0 Å². The van der Waals surface area contributed by atoms with Crippen molar-refractivity contribution in [2.45, 2.75) is 10.6 Å². The number of nitrogens with zero attached hydrogens (tertiary/aromatic N) is 2. The fourth-order valence-corrected chi connectivity index (χ4v) is 3.48. The zero-order chi connectivity index (χ0) is 16.9. The number of para-hydroxylation sites is 1. The highest BCUT2D eigenvalue weighted by Gasteiger charge is 2.03. The summed E-state index contributed by atoms with van der Waals surface area (Å²) in [7, 11) is 0. The normalized spacial score (nSPS) is 10.3. The van der Waals surface area contributed by atoms with Gasteiger partial charge < -0.3 is 5.32 Å². The van der Waals surface area contributed by atoms with Crippen LogP contribution in [0.3, 0.4) is 0 Å². The lowest BCUT2D eigenvalue weighted by Crippen LogP contribution is -1.96. The summed E-state index contributed by atoms with van der Waals surface area (Å²) in [4.78, 5) is 9.96. The van der Waals surface area contributed by atoms with Gasteiger partial charge in [0.2, 0.25) is 0 Å². The molecule has 0 atom stereocenters. The Bertz CT molecular complexity index is 970. The second kappa shape index (κ2) is 8.70. The Morgan fingerprint density at radius 1 is 0.769 bits per heavy atom. The second-order valence-corrected chi connectivity index (χ2v) is 6.71. The van der Waals surface area contributed by atoms with E-state index in [0.717, 1.165) is 28.2 Å². The molecule has 1 N–H and O–H groups in total. The highest BCUT2D eigenvalue weighted by molar-refractivity contribution is 7.98. The van der Waals surface area contributed by atoms with Crippen LogP contribution >= 0.6 is 24.2 Å². The van der Waals surface area contributed by atoms with Crippen LogP contribution in [0.4, 0.5) is 11.5 Å². The number of benzene rings is 3. The molecule has 0 saturated heterocycles. The molecule has 0 radical (unpaired) electrons. The standard InChI is InChI=1S/C21H17N3S.ClH/c1-2-6-18(7-3-1)25-14-16-10-12-17(13-11-16)24-21-19-8-4-5-9-20(19)22-15-23-21;/h1-13,15H,14H2,(H,22,23,24);1H. The Morgan fingerprint density at radius 2 is 1.50 bits per heavy atom. The summed E-state index contributed by atoms with van der Waals surface area (Å²) in [6, 6.07) is 27.0. The fourth-order valence-electron chi connectivity index (χ4n) is 2.61. The van der Waals surface area contributed by atoms with Crippen molar-refractivity contribution >= 4 is 46.6 Å². The molecule has 1 aromatic heterocycles. The molecule has 4 aromatic rings. The van der Waals surface area contributed by atoms with Gasteiger partial charge in [-0.05, 0) is 42.0 Å². The molecule has 0 unspecified atom stereocenters. The molecular formula is C21H18ClN3S. The average Bonchev–Trinajstić information content (AvgIpc) is 2.69. The molecule has 0 saturated carbocycles. The first-order valence-corrected chi connectivity index (χ1v) is 9.10. The van der Waals surface area contributed by atoms with Crippen molar-refractivity contribution in [1.29, 1.82) is 0 Å². The Labute approximate surface area is 163 Å². The molecule has 0 aliphatic carbocycles. The molecule has 5 heteroatoms. The van der Waals surface area contributed by atoms with Crippen LogP contribution < -0.4 is 5.32 Å². The zero-order valence-electron chi connectivity index (χ0n) is 14.0. The zero-order valence-corrected chi connectivity index (χ0v) is 15.6. The Balaban J connectivity index is 0.00000196. The van der Waals surface area contributed by atoms with Gasteiger partial charge in [-0.25, -0.2) is 9.97 Å². The van der Waals surface area contributed by atoms with Gasteiger partial charge in [-0.15, -0.1) is 24.2 Å². The lowest BCUT2D eigenvalue weighted by molar-refractivity contribution is 1.22. The predicted octanol–water partition coefficient (Wildman–Crippen LogP) is 6.09. The molecule has 1 heterocycles. The molecule has 0 amide bonds. The van der Waals surface area contributed by atoms with Crippen LogP contribution in [0.5, 0.6) is 0 Å². The van der Waals surface area contributed by atoms with E-state index < -0.39 is 0 Å². The summed E-state index contributed by atoms with van der Waals surface area (Å²) in [5.74, 6) is 1.79. The number of fused-ring (bicyclic) bond motifs is 1. The van der Waals surface area contributed by atoms with Gasteiger partial charge in [0.05, 0.1) is 5.52 Å². The van der Waals surface area contributed by atoms with Crippen LogP contribution in [-0.2, 0) is 5.75 Å². The van der Waals surface area contributed by atoms with Crippen molar-refractivity contribution in [3.8, 4) is 0 Å². The average molecular weight is 380 g/mol. The van der Waals surface area contributed by atoms with Crippen molar-refractivity contribution in [1.82, 2.24) is 9.97 Å². The Morgan fingerprint density at radius 3 is 2.31 bits per heavy atom. The monoisotopic (exact) mass is 379 g/mol. The number of halogens is 1. The highest BCUT2D eigenvalue weighted by Crippen LogP contribution is 2.25. The van der Waals surface area contributed by atoms with Gasteiger partial charge >= 0.3 is 0 Å². The molecule has 3 nitrogen and oxygen atoms in total. The van der Waals surface area contributed by atoms with Gasteiger partial charge in [-0.2, -0.15) is 0 Å². The van der Waals surface area contributed by atoms with Crippen LogP contribution in [-0.4, -0.2) is 9.97 Å². The van der Waals surface area contributed by atoms with Crippen molar-refractivity contribution in [2.75, 3.05) is 5.32 Å². The molecule has 0 aliphatic rings. The minimum Gasteiger partial charge on any atom is -0.340 e. The van der Waals surface area contributed by atoms with E-state index >= 15 is 0 Å². The number of aromatic nitrogens is 2. The highest BCUT2D eigenvalue weighted by atomic mass is 35.5. The molecule has 0 fully saturated rings. The number of thioether (sulfide) groups is 1. The molecule has 0 spiro atoms. The van der Waals surface area contributed by atoms with Gasteiger partial charge in [0, 0.05) is 21.7 Å². The van der Waals surface area contributed by atoms with E-state index in [1.54, 1.807) is 6.33 Å². The number of nitrogens with one attached hydrogen (secondary N) is 1. The first-order chi connectivity index (χ1) is 12.4. The fraction of sp³-hybridized carbons (Fsp3) is 0.0476. The van der Waals surface area contributed by atoms with Gasteiger partial charge in [-0.1, -0.05) is 42.5 Å². The predicted molar refractivity (Wildman–Crippen MR) is 113 cm³/mol. The maximum atomic E-state index is 4.37. The van der Waals surface area contributed by atoms with Gasteiger partial charge in [0.15, 0.2) is 0 Å². The molecule has 0 bridgehead atoms. The lowest BCUT2D eigenvalue weighted by atomic mass is 10.2. The maximum Gasteiger partial charge on any atom is 0.141 e. The minimum atomic E-state index is 0. The molecule has 3 aromatic carbocycles. The SMILES string of the molecule is Cl.c1ccc(SCc2ccc(Nc3ncnc4ccccc34)cc2)cc1. The topological polar surface area (TPSA) is 37.8 Å². The van der Waals surface area contributed by atoms with E-state index in [1.807, 2.05) is 42.1 Å². The molecule has 0 aliphatic heterocycles. The van der Waals surface area contributed by atoms with Crippen molar-refractivity contribution in [3.63, 3.8) is 0 Å². The van der Waals surface area contributed by atoms with Crippen LogP contribution in [0.25, 0.3) is 10.9 Å². The van der Waals surface area contributed by atoms with Crippen LogP contribution in [0.1, 0.15) is 5.56 Å². The summed E-state index contributed by atoms with van der Waals surface area (Å²) in [6.45, 7) is 0. The summed E-state index contributed by atoms with van der Waals surface area (Å²) in [6.07, 6.45) is 1.59. The third-order valence-electron chi connectivity index (χ3n) is 3.91. The summed E-state index contributed by atoms with van der Waals surface area (Å²) >= 11 is 1.84. The quantitative estimate of drug-likeness (QED) is 0.426. The molecule has 26 heavy (non-hydrogen) atoms. The third kappa shape index (κ3) is 4.34. The first-order valence-electron chi connectivity index (χ1n) is 8.12. The largest absolute Gasteiger partial charge is 0.340 e. The summed E-state index contributed by atoms with van der Waals surface area (Å²) in [5.41, 5.74) is 3.26. The van der Waals surface area contributed by atoms with Crippen molar-refractivity contribution < 1.29 is 0 Å². The van der Waals surface area contributed by atoms with E-state index in [0.29, 0.717) is 0 Å². The molecule has 4 rings (SSSR count). The van der Waals surface area contributed by atoms with Crippen molar-refractivity contribution in [3.05, 3.63) is 90.8 Å². The van der Waals surface area contributed by atoms with E-state index in [2.05, 4.69) is 63.8 Å². The number of hydrogen-bond donors (Lipinski definition) is 1. The number of anilines is 2. The Kier molecular flexibility index (Phi) is 6.10. The van der Waals surface area contributed by atoms with E-state index in [9.17, 15) is 0 Å². The second-order valence-electron chi connectivity index (χ2n) is 5.66. The molecular weight excluding hydrogens is 362 g/mol. The van der Waals surface area contributed by atoms with Crippen molar-refractivity contribution in [2.24, 2.45) is 0 Å². The Hall–Kier alpha value is -2.56. The maximum absolute atomic E-state index is 4.37. The minimum absolute atomic E-state index is 0.